The van der Waals surface area contributed by atoms with Crippen LogP contribution in [0.2, 0.25) is 0 Å². The smallest absolute Gasteiger partial charge is 0.292 e. The predicted molar refractivity (Wildman–Crippen MR) is 97.1 cm³/mol. The average Bonchev–Trinajstić information content (AvgIpc) is 3.02. The molecule has 0 radical (unpaired) electrons. The van der Waals surface area contributed by atoms with Gasteiger partial charge in [0.25, 0.3) is 0 Å². The minimum Gasteiger partial charge on any atom is -0.292 e. The van der Waals surface area contributed by atoms with E-state index in [9.17, 15) is 13.2 Å². The van der Waals surface area contributed by atoms with Crippen LogP contribution >= 0.6 is 0 Å². The molecule has 0 N–H and O–H groups in total. The Morgan fingerprint density at radius 1 is 0.923 bits per heavy atom. The van der Waals surface area contributed by atoms with Crippen molar-refractivity contribution < 1.29 is 13.2 Å². The molecule has 1 heterocycles. The van der Waals surface area contributed by atoms with Gasteiger partial charge in [0.1, 0.15) is 0 Å². The van der Waals surface area contributed by atoms with E-state index < -0.39 is 11.7 Å². The van der Waals surface area contributed by atoms with Crippen molar-refractivity contribution in [1.82, 2.24) is 5.01 Å². The largest absolute Gasteiger partial charge is 0.416 e. The fourth-order valence-electron chi connectivity index (χ4n) is 3.39. The Hall–Kier alpha value is -2.82. The molecule has 1 atom stereocenters. The maximum atomic E-state index is 12.8. The van der Waals surface area contributed by atoms with Gasteiger partial charge in [0.15, 0.2) is 0 Å². The number of benzene rings is 3. The number of nitrogens with zero attached hydrogens (tertiary/aromatic N) is 2. The van der Waals surface area contributed by atoms with E-state index in [0.717, 1.165) is 34.4 Å². The Balaban J connectivity index is 1.59. The maximum absolute atomic E-state index is 12.8. The van der Waals surface area contributed by atoms with E-state index in [1.54, 1.807) is 12.1 Å². The molecule has 26 heavy (non-hydrogen) atoms. The van der Waals surface area contributed by atoms with Crippen LogP contribution in [0.5, 0.6) is 0 Å². The number of rotatable bonds is 2. The summed E-state index contributed by atoms with van der Waals surface area (Å²) in [4.78, 5) is 0. The average molecular weight is 354 g/mol. The van der Waals surface area contributed by atoms with Crippen molar-refractivity contribution in [1.29, 1.82) is 0 Å². The van der Waals surface area contributed by atoms with Gasteiger partial charge in [0.05, 0.1) is 17.3 Å². The first-order valence-corrected chi connectivity index (χ1v) is 8.38. The lowest BCUT2D eigenvalue weighted by atomic mass is 9.96. The van der Waals surface area contributed by atoms with Gasteiger partial charge in [-0.1, -0.05) is 48.5 Å². The summed E-state index contributed by atoms with van der Waals surface area (Å²) in [5.74, 6) is 0. The number of fused-ring (bicyclic) bond motifs is 1. The fourth-order valence-corrected chi connectivity index (χ4v) is 3.39. The molecule has 0 amide bonds. The van der Waals surface area contributed by atoms with Crippen molar-refractivity contribution in [3.05, 3.63) is 83.4 Å². The maximum Gasteiger partial charge on any atom is 0.416 e. The molecule has 3 aromatic carbocycles. The minimum absolute atomic E-state index is 0.0567. The highest BCUT2D eigenvalue weighted by atomic mass is 19.4. The van der Waals surface area contributed by atoms with Crippen LogP contribution in [0.25, 0.3) is 10.8 Å². The van der Waals surface area contributed by atoms with Gasteiger partial charge < -0.3 is 0 Å². The summed E-state index contributed by atoms with van der Waals surface area (Å²) in [6.45, 7) is 0. The number of halogens is 3. The van der Waals surface area contributed by atoms with E-state index in [1.807, 2.05) is 30.3 Å². The zero-order valence-electron chi connectivity index (χ0n) is 14.2. The first-order chi connectivity index (χ1) is 12.4. The lowest BCUT2D eigenvalue weighted by Gasteiger charge is -2.19. The zero-order chi connectivity index (χ0) is 18.3. The third-order valence-corrected chi connectivity index (χ3v) is 4.82. The molecule has 0 spiro atoms. The first kappa shape index (κ1) is 16.6. The Labute approximate surface area is 149 Å². The van der Waals surface area contributed by atoms with Crippen molar-refractivity contribution >= 4 is 16.5 Å². The molecule has 0 aliphatic carbocycles. The summed E-state index contributed by atoms with van der Waals surface area (Å²) in [5.41, 5.74) is 2.20. The van der Waals surface area contributed by atoms with E-state index in [1.165, 1.54) is 5.39 Å². The fraction of sp³-hybridized carbons (Fsp3) is 0.190. The van der Waals surface area contributed by atoms with Gasteiger partial charge in [0, 0.05) is 13.5 Å². The second-order valence-corrected chi connectivity index (χ2v) is 6.52. The molecule has 0 fully saturated rings. The summed E-state index contributed by atoms with van der Waals surface area (Å²) in [6.07, 6.45) is -3.65. The molecule has 2 nitrogen and oxygen atoms in total. The highest BCUT2D eigenvalue weighted by Crippen LogP contribution is 2.34. The predicted octanol–water partition coefficient (Wildman–Crippen LogP) is 5.64. The second-order valence-electron chi connectivity index (χ2n) is 6.52. The number of hydrogen-bond donors (Lipinski definition) is 0. The number of alkyl halides is 3. The van der Waals surface area contributed by atoms with Gasteiger partial charge in [-0.2, -0.15) is 18.3 Å². The highest BCUT2D eigenvalue weighted by Gasteiger charge is 2.31. The number of hydrazone groups is 1. The summed E-state index contributed by atoms with van der Waals surface area (Å²) >= 11 is 0. The molecular weight excluding hydrogens is 337 g/mol. The van der Waals surface area contributed by atoms with Crippen molar-refractivity contribution in [2.75, 3.05) is 7.05 Å². The summed E-state index contributed by atoms with van der Waals surface area (Å²) in [7, 11) is 1.86. The van der Waals surface area contributed by atoms with Crippen molar-refractivity contribution in [2.45, 2.75) is 18.6 Å². The summed E-state index contributed by atoms with van der Waals surface area (Å²) in [5, 5.41) is 8.76. The third-order valence-electron chi connectivity index (χ3n) is 4.82. The highest BCUT2D eigenvalue weighted by molar-refractivity contribution is 6.04. The minimum atomic E-state index is -4.31. The van der Waals surface area contributed by atoms with Crippen molar-refractivity contribution in [3.63, 3.8) is 0 Å². The topological polar surface area (TPSA) is 15.6 Å². The van der Waals surface area contributed by atoms with Crippen LogP contribution in [0.4, 0.5) is 13.2 Å². The van der Waals surface area contributed by atoms with Gasteiger partial charge >= 0.3 is 6.18 Å². The van der Waals surface area contributed by atoms with E-state index in [4.69, 9.17) is 0 Å². The molecule has 1 unspecified atom stereocenters. The van der Waals surface area contributed by atoms with E-state index in [0.29, 0.717) is 6.42 Å². The van der Waals surface area contributed by atoms with E-state index >= 15 is 0 Å². The van der Waals surface area contributed by atoms with E-state index in [-0.39, 0.29) is 6.04 Å². The molecular formula is C21H17F3N2. The molecule has 3 aromatic rings. The lowest BCUT2D eigenvalue weighted by molar-refractivity contribution is -0.137. The molecule has 1 aliphatic heterocycles. The first-order valence-electron chi connectivity index (χ1n) is 8.38. The molecule has 4 rings (SSSR count). The standard InChI is InChI=1S/C21H17F3N2/c1-26-20(15-8-10-18(11-9-15)21(22,23)24)13-19(25-26)17-7-6-14-4-2-3-5-16(14)12-17/h2-12,20H,13H2,1H3. The van der Waals surface area contributed by atoms with Gasteiger partial charge in [0.2, 0.25) is 0 Å². The van der Waals surface area contributed by atoms with Crippen LogP contribution in [-0.2, 0) is 6.18 Å². The lowest BCUT2D eigenvalue weighted by Crippen LogP contribution is -2.14. The van der Waals surface area contributed by atoms with Crippen LogP contribution < -0.4 is 0 Å². The second kappa shape index (κ2) is 6.16. The van der Waals surface area contributed by atoms with Gasteiger partial charge in [-0.15, -0.1) is 0 Å². The molecule has 5 heteroatoms. The molecule has 0 saturated carbocycles. The van der Waals surface area contributed by atoms with Crippen molar-refractivity contribution in [3.8, 4) is 0 Å². The quantitative estimate of drug-likeness (QED) is 0.581. The molecule has 0 aromatic heterocycles. The summed E-state index contributed by atoms with van der Waals surface area (Å²) < 4.78 is 38.3. The zero-order valence-corrected chi connectivity index (χ0v) is 14.2. The van der Waals surface area contributed by atoms with Gasteiger partial charge in [-0.05, 0) is 40.1 Å². The van der Waals surface area contributed by atoms with Gasteiger partial charge in [-0.3, -0.25) is 5.01 Å². The van der Waals surface area contributed by atoms with Gasteiger partial charge in [-0.25, -0.2) is 0 Å². The SMILES string of the molecule is CN1N=C(c2ccc3ccccc3c2)CC1c1ccc(C(F)(F)F)cc1. The molecule has 132 valence electrons. The Kier molecular flexibility index (Phi) is 3.94. The van der Waals surface area contributed by atoms with Crippen LogP contribution in [0, 0.1) is 0 Å². The molecule has 0 bridgehead atoms. The van der Waals surface area contributed by atoms with Crippen LogP contribution in [0.3, 0.4) is 0 Å². The Morgan fingerprint density at radius 3 is 2.31 bits per heavy atom. The van der Waals surface area contributed by atoms with Crippen molar-refractivity contribution in [2.24, 2.45) is 5.10 Å². The normalized spacial score (nSPS) is 17.6. The monoisotopic (exact) mass is 354 g/mol. The Morgan fingerprint density at radius 2 is 1.62 bits per heavy atom. The Bertz CT molecular complexity index is 974. The molecule has 0 saturated heterocycles. The number of hydrogen-bond acceptors (Lipinski definition) is 2. The van der Waals surface area contributed by atoms with Crippen LogP contribution in [-0.4, -0.2) is 17.8 Å². The third kappa shape index (κ3) is 3.05. The van der Waals surface area contributed by atoms with E-state index in [2.05, 4.69) is 29.4 Å². The van der Waals surface area contributed by atoms with Crippen LogP contribution in [0.1, 0.15) is 29.2 Å². The van der Waals surface area contributed by atoms with Crippen LogP contribution in [0.15, 0.2) is 71.8 Å². The summed E-state index contributed by atoms with van der Waals surface area (Å²) in [6, 6.07) is 19.7. The molecule has 1 aliphatic rings.